The number of hydrogen-bond donors (Lipinski definition) is 1. The van der Waals surface area contributed by atoms with Gasteiger partial charge in [0.2, 0.25) is 5.82 Å². The van der Waals surface area contributed by atoms with Gasteiger partial charge in [0.25, 0.3) is 4.96 Å². The Hall–Kier alpha value is -2.41. The number of benzene rings is 1. The van der Waals surface area contributed by atoms with Crippen molar-refractivity contribution in [3.63, 3.8) is 0 Å². The van der Waals surface area contributed by atoms with Crippen molar-refractivity contribution in [3.8, 4) is 0 Å². The molecule has 6 nitrogen and oxygen atoms in total. The van der Waals surface area contributed by atoms with E-state index < -0.39 is 4.92 Å². The number of nitrogens with zero attached hydrogens (tertiary/aromatic N) is 3. The first-order chi connectivity index (χ1) is 10.2. The predicted molar refractivity (Wildman–Crippen MR) is 83.1 cm³/mol. The quantitative estimate of drug-likeness (QED) is 0.578. The van der Waals surface area contributed by atoms with Gasteiger partial charge in [0.1, 0.15) is 6.20 Å². The van der Waals surface area contributed by atoms with Crippen LogP contribution in [-0.4, -0.2) is 20.9 Å². The van der Waals surface area contributed by atoms with Crippen molar-refractivity contribution in [2.75, 3.05) is 11.9 Å². The van der Waals surface area contributed by atoms with Gasteiger partial charge in [0, 0.05) is 11.9 Å². The monoisotopic (exact) mass is 302 g/mol. The van der Waals surface area contributed by atoms with Crippen LogP contribution in [0.25, 0.3) is 4.96 Å². The summed E-state index contributed by atoms with van der Waals surface area (Å²) in [6, 6.07) is 10.0. The molecule has 1 aromatic carbocycles. The number of aromatic nitrogens is 2. The van der Waals surface area contributed by atoms with Crippen molar-refractivity contribution < 1.29 is 4.92 Å². The summed E-state index contributed by atoms with van der Waals surface area (Å²) in [6.45, 7) is 2.67. The Balaban J connectivity index is 1.80. The highest BCUT2D eigenvalue weighted by Crippen LogP contribution is 2.28. The maximum atomic E-state index is 11.2. The summed E-state index contributed by atoms with van der Waals surface area (Å²) in [4.78, 5) is 15.7. The summed E-state index contributed by atoms with van der Waals surface area (Å²) < 4.78 is 1.50. The van der Waals surface area contributed by atoms with E-state index in [1.165, 1.54) is 21.3 Å². The van der Waals surface area contributed by atoms with E-state index in [1.54, 1.807) is 11.6 Å². The van der Waals surface area contributed by atoms with Gasteiger partial charge in [0.05, 0.1) is 0 Å². The van der Waals surface area contributed by atoms with Gasteiger partial charge >= 0.3 is 5.82 Å². The molecule has 0 amide bonds. The minimum absolute atomic E-state index is 0.00786. The Labute approximate surface area is 125 Å². The van der Waals surface area contributed by atoms with E-state index in [2.05, 4.69) is 17.2 Å². The summed E-state index contributed by atoms with van der Waals surface area (Å²) in [5.41, 5.74) is 1.19. The number of imidazole rings is 1. The first-order valence-corrected chi connectivity index (χ1v) is 7.43. The Kier molecular flexibility index (Phi) is 3.57. The molecule has 1 unspecified atom stereocenters. The van der Waals surface area contributed by atoms with E-state index in [9.17, 15) is 10.1 Å². The fraction of sp³-hybridized carbons (Fsp3) is 0.214. The maximum absolute atomic E-state index is 11.2. The molecule has 3 rings (SSSR count). The highest BCUT2D eigenvalue weighted by atomic mass is 32.1. The molecular weight excluding hydrogens is 288 g/mol. The van der Waals surface area contributed by atoms with Gasteiger partial charge in [0.15, 0.2) is 0 Å². The van der Waals surface area contributed by atoms with Gasteiger partial charge in [-0.1, -0.05) is 48.6 Å². The number of anilines is 1. The van der Waals surface area contributed by atoms with Crippen molar-refractivity contribution in [1.29, 1.82) is 0 Å². The van der Waals surface area contributed by atoms with Gasteiger partial charge in [-0.15, -0.1) is 0 Å². The van der Waals surface area contributed by atoms with Gasteiger partial charge in [-0.2, -0.15) is 9.38 Å². The van der Waals surface area contributed by atoms with Crippen LogP contribution in [0.3, 0.4) is 0 Å². The van der Waals surface area contributed by atoms with Crippen LogP contribution in [0.1, 0.15) is 18.4 Å². The molecular formula is C14H14N4O2S. The average molecular weight is 302 g/mol. The molecule has 0 aliphatic heterocycles. The van der Waals surface area contributed by atoms with E-state index in [1.807, 2.05) is 30.3 Å². The number of fused-ring (bicyclic) bond motifs is 1. The Morgan fingerprint density at radius 2 is 2.19 bits per heavy atom. The fourth-order valence-corrected chi connectivity index (χ4v) is 2.93. The lowest BCUT2D eigenvalue weighted by atomic mass is 10.0. The second-order valence-corrected chi connectivity index (χ2v) is 5.66. The molecule has 0 radical (unpaired) electrons. The third-order valence-corrected chi connectivity index (χ3v) is 4.11. The molecule has 3 aromatic rings. The van der Waals surface area contributed by atoms with Gasteiger partial charge in [-0.3, -0.25) is 0 Å². The molecule has 1 N–H and O–H groups in total. The zero-order valence-electron chi connectivity index (χ0n) is 11.4. The number of nitrogens with one attached hydrogen (secondary N) is 1. The molecule has 0 spiro atoms. The second kappa shape index (κ2) is 5.53. The summed E-state index contributed by atoms with van der Waals surface area (Å²) in [7, 11) is 0. The lowest BCUT2D eigenvalue weighted by Gasteiger charge is -2.12. The molecule has 2 heterocycles. The summed E-state index contributed by atoms with van der Waals surface area (Å²) in [5, 5.41) is 16.1. The van der Waals surface area contributed by atoms with Crippen LogP contribution in [-0.2, 0) is 0 Å². The minimum atomic E-state index is -0.401. The highest BCUT2D eigenvalue weighted by molar-refractivity contribution is 7.15. The number of nitro groups is 1. The summed E-state index contributed by atoms with van der Waals surface area (Å²) >= 11 is 1.38. The Bertz CT molecular complexity index is 766. The molecule has 0 aliphatic rings. The van der Waals surface area contributed by atoms with E-state index in [0.717, 1.165) is 0 Å². The van der Waals surface area contributed by atoms with Crippen molar-refractivity contribution in [2.24, 2.45) is 0 Å². The lowest BCUT2D eigenvalue weighted by molar-refractivity contribution is -0.389. The first-order valence-electron chi connectivity index (χ1n) is 6.55. The van der Waals surface area contributed by atoms with Crippen molar-refractivity contribution in [2.45, 2.75) is 12.8 Å². The van der Waals surface area contributed by atoms with Crippen LogP contribution >= 0.6 is 11.3 Å². The topological polar surface area (TPSA) is 72.5 Å². The van der Waals surface area contributed by atoms with Gasteiger partial charge in [-0.05, 0) is 16.4 Å². The largest absolute Gasteiger partial charge is 0.372 e. The normalized spacial score (nSPS) is 12.4. The van der Waals surface area contributed by atoms with Crippen LogP contribution in [0.4, 0.5) is 11.6 Å². The zero-order valence-corrected chi connectivity index (χ0v) is 12.2. The van der Waals surface area contributed by atoms with Crippen molar-refractivity contribution in [3.05, 3.63) is 57.6 Å². The van der Waals surface area contributed by atoms with Crippen LogP contribution in [0.15, 0.2) is 41.9 Å². The van der Waals surface area contributed by atoms with Gasteiger partial charge < -0.3 is 15.4 Å². The molecule has 108 valence electrons. The van der Waals surface area contributed by atoms with Crippen LogP contribution < -0.4 is 5.32 Å². The van der Waals surface area contributed by atoms with Crippen molar-refractivity contribution in [1.82, 2.24) is 9.38 Å². The fourth-order valence-electron chi connectivity index (χ4n) is 2.22. The standard InChI is InChI=1S/C14H14N4O2S/c1-10(11-5-3-2-4-6-11)9-15-12-13(18(19)20)17-7-8-21-14(17)16-12/h2-8,10,15H,9H2,1H3. The van der Waals surface area contributed by atoms with E-state index in [-0.39, 0.29) is 11.7 Å². The van der Waals surface area contributed by atoms with Crippen LogP contribution in [0, 0.1) is 10.1 Å². The molecule has 0 saturated heterocycles. The van der Waals surface area contributed by atoms with E-state index >= 15 is 0 Å². The molecule has 1 atom stereocenters. The molecule has 0 aliphatic carbocycles. The molecule has 0 saturated carbocycles. The smallest absolute Gasteiger partial charge is 0.362 e. The summed E-state index contributed by atoms with van der Waals surface area (Å²) in [6.07, 6.45) is 1.66. The zero-order chi connectivity index (χ0) is 14.8. The van der Waals surface area contributed by atoms with Gasteiger partial charge in [-0.25, -0.2) is 0 Å². The van der Waals surface area contributed by atoms with Crippen LogP contribution in [0.5, 0.6) is 0 Å². The predicted octanol–water partition coefficient (Wildman–Crippen LogP) is 3.52. The molecule has 2 aromatic heterocycles. The lowest BCUT2D eigenvalue weighted by Crippen LogP contribution is -2.11. The Morgan fingerprint density at radius 3 is 2.90 bits per heavy atom. The average Bonchev–Trinajstić information content (AvgIpc) is 3.05. The van der Waals surface area contributed by atoms with E-state index in [0.29, 0.717) is 17.3 Å². The SMILES string of the molecule is CC(CNc1nc2sccn2c1[N+](=O)[O-])c1ccccc1. The van der Waals surface area contributed by atoms with Crippen molar-refractivity contribution >= 4 is 27.9 Å². The maximum Gasteiger partial charge on any atom is 0.372 e. The molecule has 21 heavy (non-hydrogen) atoms. The molecule has 7 heteroatoms. The summed E-state index contributed by atoms with van der Waals surface area (Å²) in [5.74, 6) is 0.562. The van der Waals surface area contributed by atoms with E-state index in [4.69, 9.17) is 0 Å². The second-order valence-electron chi connectivity index (χ2n) is 4.79. The number of rotatable bonds is 5. The third-order valence-electron chi connectivity index (χ3n) is 3.35. The number of thiazole rings is 1. The molecule has 0 fully saturated rings. The third kappa shape index (κ3) is 2.59. The number of hydrogen-bond acceptors (Lipinski definition) is 5. The Morgan fingerprint density at radius 1 is 1.43 bits per heavy atom. The molecule has 0 bridgehead atoms. The van der Waals surface area contributed by atoms with Crippen LogP contribution in [0.2, 0.25) is 0 Å². The minimum Gasteiger partial charge on any atom is -0.362 e. The highest BCUT2D eigenvalue weighted by Gasteiger charge is 2.23. The first kappa shape index (κ1) is 13.6.